The van der Waals surface area contributed by atoms with Crippen molar-refractivity contribution >= 4 is 0 Å². The molecule has 0 saturated heterocycles. The van der Waals surface area contributed by atoms with Crippen molar-refractivity contribution in [3.05, 3.63) is 18.2 Å². The average molecular weight is 168 g/mol. The van der Waals surface area contributed by atoms with Crippen LogP contribution in [-0.4, -0.2) is 15.6 Å². The summed E-state index contributed by atoms with van der Waals surface area (Å²) >= 11 is 0. The standard InChI is InChI=1S/C8H16N4/c1-3-7(11-9)6-8-10-4-5-12(8)2/h4-5,7,11H,3,6,9H2,1-2H3. The lowest BCUT2D eigenvalue weighted by molar-refractivity contribution is 0.494. The lowest BCUT2D eigenvalue weighted by Crippen LogP contribution is -2.36. The fourth-order valence-electron chi connectivity index (χ4n) is 1.13. The predicted molar refractivity (Wildman–Crippen MR) is 48.3 cm³/mol. The molecule has 4 nitrogen and oxygen atoms in total. The molecule has 0 bridgehead atoms. The van der Waals surface area contributed by atoms with E-state index >= 15 is 0 Å². The zero-order valence-electron chi connectivity index (χ0n) is 7.62. The van der Waals surface area contributed by atoms with Crippen molar-refractivity contribution in [1.29, 1.82) is 0 Å². The van der Waals surface area contributed by atoms with Crippen LogP contribution in [0.3, 0.4) is 0 Å². The quantitative estimate of drug-likeness (QED) is 0.499. The fraction of sp³-hybridized carbons (Fsp3) is 0.625. The van der Waals surface area contributed by atoms with Crippen molar-refractivity contribution in [1.82, 2.24) is 15.0 Å². The maximum atomic E-state index is 5.36. The second-order valence-corrected chi connectivity index (χ2v) is 2.93. The first-order valence-electron chi connectivity index (χ1n) is 4.20. The van der Waals surface area contributed by atoms with Crippen LogP contribution in [0.15, 0.2) is 12.4 Å². The molecule has 0 fully saturated rings. The Hall–Kier alpha value is -0.870. The van der Waals surface area contributed by atoms with Crippen LogP contribution in [0.5, 0.6) is 0 Å². The molecule has 0 radical (unpaired) electrons. The highest BCUT2D eigenvalue weighted by molar-refractivity contribution is 4.93. The van der Waals surface area contributed by atoms with Gasteiger partial charge < -0.3 is 4.57 Å². The van der Waals surface area contributed by atoms with Gasteiger partial charge in [0.1, 0.15) is 5.82 Å². The van der Waals surface area contributed by atoms with Gasteiger partial charge in [-0.15, -0.1) is 0 Å². The summed E-state index contributed by atoms with van der Waals surface area (Å²) in [7, 11) is 1.99. The predicted octanol–water partition coefficient (Wildman–Crippen LogP) is 0.205. The van der Waals surface area contributed by atoms with E-state index in [4.69, 9.17) is 5.84 Å². The topological polar surface area (TPSA) is 55.9 Å². The number of hydrogen-bond acceptors (Lipinski definition) is 3. The molecule has 4 heteroatoms. The first-order valence-corrected chi connectivity index (χ1v) is 4.20. The van der Waals surface area contributed by atoms with Gasteiger partial charge >= 0.3 is 0 Å². The summed E-state index contributed by atoms with van der Waals surface area (Å²) in [4.78, 5) is 4.22. The van der Waals surface area contributed by atoms with E-state index in [2.05, 4.69) is 17.3 Å². The molecule has 0 aromatic carbocycles. The van der Waals surface area contributed by atoms with E-state index in [1.54, 1.807) is 6.20 Å². The van der Waals surface area contributed by atoms with Crippen LogP contribution >= 0.6 is 0 Å². The Morgan fingerprint density at radius 2 is 2.50 bits per heavy atom. The largest absolute Gasteiger partial charge is 0.338 e. The summed E-state index contributed by atoms with van der Waals surface area (Å²) in [5.74, 6) is 6.43. The van der Waals surface area contributed by atoms with Crippen LogP contribution in [0, 0.1) is 0 Å². The average Bonchev–Trinajstić information content (AvgIpc) is 2.47. The van der Waals surface area contributed by atoms with E-state index in [0.717, 1.165) is 18.7 Å². The number of rotatable bonds is 4. The molecule has 12 heavy (non-hydrogen) atoms. The smallest absolute Gasteiger partial charge is 0.109 e. The second kappa shape index (κ2) is 4.23. The zero-order valence-corrected chi connectivity index (χ0v) is 7.62. The third-order valence-corrected chi connectivity index (χ3v) is 2.08. The molecule has 0 aliphatic heterocycles. The first kappa shape index (κ1) is 9.22. The number of nitrogens with two attached hydrogens (primary N) is 1. The minimum absolute atomic E-state index is 0.325. The monoisotopic (exact) mass is 168 g/mol. The summed E-state index contributed by atoms with van der Waals surface area (Å²) in [6.45, 7) is 2.10. The normalized spacial score (nSPS) is 13.2. The van der Waals surface area contributed by atoms with Gasteiger partial charge in [0.2, 0.25) is 0 Å². The van der Waals surface area contributed by atoms with Gasteiger partial charge in [-0.2, -0.15) is 0 Å². The number of hydrazine groups is 1. The van der Waals surface area contributed by atoms with Gasteiger partial charge in [0.25, 0.3) is 0 Å². The highest BCUT2D eigenvalue weighted by Crippen LogP contribution is 2.01. The summed E-state index contributed by atoms with van der Waals surface area (Å²) in [5.41, 5.74) is 2.76. The minimum atomic E-state index is 0.325. The maximum Gasteiger partial charge on any atom is 0.109 e. The van der Waals surface area contributed by atoms with Gasteiger partial charge in [-0.25, -0.2) is 4.98 Å². The van der Waals surface area contributed by atoms with E-state index < -0.39 is 0 Å². The number of aromatic nitrogens is 2. The molecule has 3 N–H and O–H groups in total. The van der Waals surface area contributed by atoms with Crippen molar-refractivity contribution in [3.8, 4) is 0 Å². The number of nitrogens with one attached hydrogen (secondary N) is 1. The van der Waals surface area contributed by atoms with Gasteiger partial charge in [0.15, 0.2) is 0 Å². The molecule has 0 amide bonds. The fourth-order valence-corrected chi connectivity index (χ4v) is 1.13. The molecule has 0 aliphatic carbocycles. The molecule has 0 aliphatic rings. The lowest BCUT2D eigenvalue weighted by Gasteiger charge is -2.12. The Labute approximate surface area is 72.8 Å². The maximum absolute atomic E-state index is 5.36. The van der Waals surface area contributed by atoms with Crippen LogP contribution in [0.1, 0.15) is 19.2 Å². The van der Waals surface area contributed by atoms with Gasteiger partial charge in [-0.3, -0.25) is 11.3 Å². The Bertz CT molecular complexity index is 227. The Kier molecular flexibility index (Phi) is 3.25. The highest BCUT2D eigenvalue weighted by atomic mass is 15.2. The van der Waals surface area contributed by atoms with Crippen molar-refractivity contribution in [2.45, 2.75) is 25.8 Å². The SMILES string of the molecule is CCC(Cc1nccn1C)NN. The van der Waals surface area contributed by atoms with Crippen LogP contribution in [-0.2, 0) is 13.5 Å². The third-order valence-electron chi connectivity index (χ3n) is 2.08. The number of hydrogen-bond donors (Lipinski definition) is 2. The molecule has 1 rings (SSSR count). The second-order valence-electron chi connectivity index (χ2n) is 2.93. The molecule has 68 valence electrons. The van der Waals surface area contributed by atoms with Crippen LogP contribution in [0.25, 0.3) is 0 Å². The molecule has 0 saturated carbocycles. The Balaban J connectivity index is 2.56. The van der Waals surface area contributed by atoms with Crippen molar-refractivity contribution in [2.24, 2.45) is 12.9 Å². The molecule has 1 atom stereocenters. The summed E-state index contributed by atoms with van der Waals surface area (Å²) in [6, 6.07) is 0.325. The summed E-state index contributed by atoms with van der Waals surface area (Å²) < 4.78 is 2.01. The first-order chi connectivity index (χ1) is 5.77. The van der Waals surface area contributed by atoms with Gasteiger partial charge in [-0.1, -0.05) is 6.92 Å². The number of nitrogens with zero attached hydrogens (tertiary/aromatic N) is 2. The van der Waals surface area contributed by atoms with Gasteiger partial charge in [-0.05, 0) is 6.42 Å². The van der Waals surface area contributed by atoms with E-state index in [9.17, 15) is 0 Å². The van der Waals surface area contributed by atoms with E-state index in [1.165, 1.54) is 0 Å². The Morgan fingerprint density at radius 1 is 1.75 bits per heavy atom. The summed E-state index contributed by atoms with van der Waals surface area (Å²) in [6.07, 6.45) is 5.65. The van der Waals surface area contributed by atoms with Crippen LogP contribution in [0.4, 0.5) is 0 Å². The lowest BCUT2D eigenvalue weighted by atomic mass is 10.1. The molecule has 1 heterocycles. The van der Waals surface area contributed by atoms with Crippen molar-refractivity contribution < 1.29 is 0 Å². The molecular weight excluding hydrogens is 152 g/mol. The third kappa shape index (κ3) is 2.06. The molecule has 1 unspecified atom stereocenters. The molecular formula is C8H16N4. The molecule has 0 spiro atoms. The summed E-state index contributed by atoms with van der Waals surface area (Å²) in [5, 5.41) is 0. The van der Waals surface area contributed by atoms with Gasteiger partial charge in [0.05, 0.1) is 0 Å². The number of imidazole rings is 1. The van der Waals surface area contributed by atoms with Crippen molar-refractivity contribution in [3.63, 3.8) is 0 Å². The minimum Gasteiger partial charge on any atom is -0.338 e. The Morgan fingerprint density at radius 3 is 2.92 bits per heavy atom. The molecule has 1 aromatic heterocycles. The molecule has 1 aromatic rings. The van der Waals surface area contributed by atoms with E-state index in [-0.39, 0.29) is 0 Å². The van der Waals surface area contributed by atoms with E-state index in [1.807, 2.05) is 17.8 Å². The van der Waals surface area contributed by atoms with E-state index in [0.29, 0.717) is 6.04 Å². The highest BCUT2D eigenvalue weighted by Gasteiger charge is 2.07. The van der Waals surface area contributed by atoms with Crippen molar-refractivity contribution in [2.75, 3.05) is 0 Å². The van der Waals surface area contributed by atoms with Gasteiger partial charge in [0, 0.05) is 31.9 Å². The van der Waals surface area contributed by atoms with Crippen LogP contribution < -0.4 is 11.3 Å². The zero-order chi connectivity index (χ0) is 8.97. The van der Waals surface area contributed by atoms with Crippen LogP contribution in [0.2, 0.25) is 0 Å². The number of aryl methyl sites for hydroxylation is 1.